The van der Waals surface area contributed by atoms with Gasteiger partial charge in [0.1, 0.15) is 6.10 Å². The summed E-state index contributed by atoms with van der Waals surface area (Å²) in [4.78, 5) is 0. The van der Waals surface area contributed by atoms with E-state index in [0.29, 0.717) is 6.42 Å². The van der Waals surface area contributed by atoms with E-state index in [1.807, 2.05) is 0 Å². The lowest BCUT2D eigenvalue weighted by molar-refractivity contribution is 0.0117. The molecular formula is C16H24F2O2. The maximum atomic E-state index is 13.1. The van der Waals surface area contributed by atoms with Crippen LogP contribution < -0.4 is 0 Å². The van der Waals surface area contributed by atoms with E-state index >= 15 is 0 Å². The van der Waals surface area contributed by atoms with Gasteiger partial charge in [-0.15, -0.1) is 0 Å². The Hall–Kier alpha value is -1.00. The molecule has 0 heterocycles. The molecule has 114 valence electrons. The van der Waals surface area contributed by atoms with Crippen LogP contribution in [-0.4, -0.2) is 16.3 Å². The zero-order chi connectivity index (χ0) is 15.0. The topological polar surface area (TPSA) is 40.5 Å². The van der Waals surface area contributed by atoms with Crippen LogP contribution in [0.25, 0.3) is 0 Å². The van der Waals surface area contributed by atoms with Gasteiger partial charge in [-0.3, -0.25) is 0 Å². The highest BCUT2D eigenvalue weighted by Gasteiger charge is 2.19. The van der Waals surface area contributed by atoms with Crippen molar-refractivity contribution in [3.8, 4) is 0 Å². The first-order chi connectivity index (χ1) is 9.56. The molecule has 0 radical (unpaired) electrons. The number of benzene rings is 1. The van der Waals surface area contributed by atoms with Gasteiger partial charge in [-0.2, -0.15) is 0 Å². The third kappa shape index (κ3) is 5.55. The van der Waals surface area contributed by atoms with Gasteiger partial charge in [-0.25, -0.2) is 8.78 Å². The van der Waals surface area contributed by atoms with Crippen molar-refractivity contribution in [2.24, 2.45) is 0 Å². The lowest BCUT2D eigenvalue weighted by Crippen LogP contribution is -2.18. The monoisotopic (exact) mass is 286 g/mol. The highest BCUT2D eigenvalue weighted by atomic mass is 19.2. The molecule has 0 fully saturated rings. The highest BCUT2D eigenvalue weighted by molar-refractivity contribution is 5.20. The van der Waals surface area contributed by atoms with E-state index < -0.39 is 23.8 Å². The number of hydrogen-bond acceptors (Lipinski definition) is 2. The Bertz CT molecular complexity index is 396. The summed E-state index contributed by atoms with van der Waals surface area (Å²) in [6.07, 6.45) is 4.93. The van der Waals surface area contributed by atoms with Crippen LogP contribution in [0.15, 0.2) is 18.2 Å². The summed E-state index contributed by atoms with van der Waals surface area (Å²) < 4.78 is 25.9. The maximum Gasteiger partial charge on any atom is 0.159 e. The summed E-state index contributed by atoms with van der Waals surface area (Å²) in [5, 5.41) is 19.8. The van der Waals surface area contributed by atoms with E-state index in [9.17, 15) is 19.0 Å². The third-order valence-corrected chi connectivity index (χ3v) is 3.50. The van der Waals surface area contributed by atoms with Gasteiger partial charge in [0.2, 0.25) is 0 Å². The average molecular weight is 286 g/mol. The van der Waals surface area contributed by atoms with Crippen molar-refractivity contribution in [2.75, 3.05) is 0 Å². The van der Waals surface area contributed by atoms with Crippen molar-refractivity contribution >= 4 is 0 Å². The molecule has 0 aliphatic carbocycles. The minimum atomic E-state index is -1.17. The van der Waals surface area contributed by atoms with Gasteiger partial charge in [-0.1, -0.05) is 51.5 Å². The second-order valence-corrected chi connectivity index (χ2v) is 5.24. The molecule has 20 heavy (non-hydrogen) atoms. The zero-order valence-electron chi connectivity index (χ0n) is 12.0. The molecule has 0 saturated heterocycles. The molecule has 0 aliphatic rings. The van der Waals surface area contributed by atoms with Crippen LogP contribution >= 0.6 is 0 Å². The van der Waals surface area contributed by atoms with Gasteiger partial charge in [0, 0.05) is 0 Å². The lowest BCUT2D eigenvalue weighted by atomic mass is 9.99. The number of halogens is 2. The van der Waals surface area contributed by atoms with Crippen LogP contribution in [0.5, 0.6) is 0 Å². The summed E-state index contributed by atoms with van der Waals surface area (Å²) in [5.74, 6) is -1.96. The van der Waals surface area contributed by atoms with E-state index in [1.54, 1.807) is 0 Å². The number of rotatable bonds is 9. The quantitative estimate of drug-likeness (QED) is 0.671. The molecular weight excluding hydrogens is 262 g/mol. The number of hydrogen-bond donors (Lipinski definition) is 2. The largest absolute Gasteiger partial charge is 0.390 e. The fourth-order valence-electron chi connectivity index (χ4n) is 2.21. The van der Waals surface area contributed by atoms with Crippen molar-refractivity contribution in [3.63, 3.8) is 0 Å². The second-order valence-electron chi connectivity index (χ2n) is 5.24. The number of unbranched alkanes of at least 4 members (excludes halogenated alkanes) is 5. The standard InChI is InChI=1S/C16H24F2O2/c1-2-3-4-5-6-7-8-15(19)16(20)12-9-10-13(17)14(18)11-12/h9-11,15-16,19-20H,2-8H2,1H3. The van der Waals surface area contributed by atoms with Crippen LogP contribution in [0.4, 0.5) is 8.78 Å². The Balaban J connectivity index is 2.34. The molecule has 2 unspecified atom stereocenters. The van der Waals surface area contributed by atoms with Crippen molar-refractivity contribution in [1.29, 1.82) is 0 Å². The molecule has 1 aromatic carbocycles. The first kappa shape index (κ1) is 17.1. The van der Waals surface area contributed by atoms with Gasteiger partial charge < -0.3 is 10.2 Å². The molecule has 0 amide bonds. The molecule has 1 aromatic rings. The van der Waals surface area contributed by atoms with E-state index in [0.717, 1.165) is 31.4 Å². The SMILES string of the molecule is CCCCCCCCC(O)C(O)c1ccc(F)c(F)c1. The van der Waals surface area contributed by atoms with Crippen LogP contribution in [0.1, 0.15) is 63.5 Å². The van der Waals surface area contributed by atoms with Crippen molar-refractivity contribution in [2.45, 2.75) is 64.1 Å². The molecule has 2 nitrogen and oxygen atoms in total. The predicted octanol–water partition coefficient (Wildman–Crippen LogP) is 4.11. The highest BCUT2D eigenvalue weighted by Crippen LogP contribution is 2.22. The van der Waals surface area contributed by atoms with Crippen molar-refractivity contribution in [1.82, 2.24) is 0 Å². The first-order valence-corrected chi connectivity index (χ1v) is 7.37. The minimum absolute atomic E-state index is 0.211. The van der Waals surface area contributed by atoms with Gasteiger partial charge in [0.05, 0.1) is 6.10 Å². The molecule has 2 N–H and O–H groups in total. The van der Waals surface area contributed by atoms with Crippen LogP contribution in [0.2, 0.25) is 0 Å². The second kappa shape index (κ2) is 9.03. The molecule has 0 bridgehead atoms. The fourth-order valence-corrected chi connectivity index (χ4v) is 2.21. The molecule has 1 rings (SSSR count). The molecule has 0 spiro atoms. The molecule has 0 saturated carbocycles. The van der Waals surface area contributed by atoms with Gasteiger partial charge in [0.15, 0.2) is 11.6 Å². The van der Waals surface area contributed by atoms with E-state index in [1.165, 1.54) is 25.3 Å². The van der Waals surface area contributed by atoms with Gasteiger partial charge in [-0.05, 0) is 24.1 Å². The van der Waals surface area contributed by atoms with Crippen molar-refractivity contribution < 1.29 is 19.0 Å². The van der Waals surface area contributed by atoms with E-state index in [-0.39, 0.29) is 5.56 Å². The van der Waals surface area contributed by atoms with Crippen LogP contribution in [0.3, 0.4) is 0 Å². The Morgan fingerprint density at radius 1 is 0.950 bits per heavy atom. The van der Waals surface area contributed by atoms with Gasteiger partial charge in [0.25, 0.3) is 0 Å². The summed E-state index contributed by atoms with van der Waals surface area (Å²) >= 11 is 0. The summed E-state index contributed by atoms with van der Waals surface area (Å²) in [7, 11) is 0. The predicted molar refractivity (Wildman–Crippen MR) is 75.3 cm³/mol. The fraction of sp³-hybridized carbons (Fsp3) is 0.625. The Kier molecular flexibility index (Phi) is 7.70. The minimum Gasteiger partial charge on any atom is -0.390 e. The Morgan fingerprint density at radius 2 is 1.60 bits per heavy atom. The zero-order valence-corrected chi connectivity index (χ0v) is 12.0. The normalized spacial score (nSPS) is 14.2. The number of aliphatic hydroxyl groups excluding tert-OH is 2. The summed E-state index contributed by atoms with van der Waals surface area (Å²) in [6, 6.07) is 3.20. The smallest absolute Gasteiger partial charge is 0.159 e. The van der Waals surface area contributed by atoms with Crippen LogP contribution in [0, 0.1) is 11.6 Å². The molecule has 2 atom stereocenters. The molecule has 0 aromatic heterocycles. The summed E-state index contributed by atoms with van der Waals surface area (Å²) in [5.41, 5.74) is 0.211. The number of aliphatic hydroxyl groups is 2. The molecule has 0 aliphatic heterocycles. The Labute approximate surface area is 119 Å². The van der Waals surface area contributed by atoms with E-state index in [2.05, 4.69) is 6.92 Å². The first-order valence-electron chi connectivity index (χ1n) is 7.37. The molecule has 4 heteroatoms. The van der Waals surface area contributed by atoms with Gasteiger partial charge >= 0.3 is 0 Å². The van der Waals surface area contributed by atoms with Crippen molar-refractivity contribution in [3.05, 3.63) is 35.4 Å². The van der Waals surface area contributed by atoms with Crippen LogP contribution in [-0.2, 0) is 0 Å². The maximum absolute atomic E-state index is 13.1. The lowest BCUT2D eigenvalue weighted by Gasteiger charge is -2.18. The van der Waals surface area contributed by atoms with E-state index in [4.69, 9.17) is 0 Å². The summed E-state index contributed by atoms with van der Waals surface area (Å²) in [6.45, 7) is 2.15. The third-order valence-electron chi connectivity index (χ3n) is 3.50. The average Bonchev–Trinajstić information content (AvgIpc) is 2.44. The Morgan fingerprint density at radius 3 is 2.25 bits per heavy atom.